The monoisotopic (exact) mass is 392 g/mol. The molecular formula is C19H28N4O3S. The third-order valence-electron chi connectivity index (χ3n) is 5.27. The molecule has 7 nitrogen and oxygen atoms in total. The number of likely N-dealkylation sites (tertiary alicyclic amines) is 1. The van der Waals surface area contributed by atoms with Crippen LogP contribution in [0.5, 0.6) is 0 Å². The van der Waals surface area contributed by atoms with Crippen molar-refractivity contribution < 1.29 is 14.4 Å². The van der Waals surface area contributed by atoms with E-state index in [0.29, 0.717) is 23.7 Å². The second-order valence-electron chi connectivity index (χ2n) is 7.67. The molecule has 1 aliphatic carbocycles. The van der Waals surface area contributed by atoms with E-state index in [0.717, 1.165) is 49.1 Å². The molecule has 2 aliphatic rings. The van der Waals surface area contributed by atoms with Gasteiger partial charge in [0.1, 0.15) is 5.00 Å². The van der Waals surface area contributed by atoms with Gasteiger partial charge >= 0.3 is 0 Å². The fourth-order valence-electron chi connectivity index (χ4n) is 3.87. The maximum atomic E-state index is 12.7. The molecule has 0 spiro atoms. The number of nitrogens with one attached hydrogen (secondary N) is 1. The Morgan fingerprint density at radius 3 is 2.74 bits per heavy atom. The Kier molecular flexibility index (Phi) is 6.16. The highest BCUT2D eigenvalue weighted by Crippen LogP contribution is 2.38. The van der Waals surface area contributed by atoms with Gasteiger partial charge in [-0.15, -0.1) is 11.3 Å². The number of aryl methyl sites for hydroxylation is 1. The van der Waals surface area contributed by atoms with Crippen molar-refractivity contribution in [1.82, 2.24) is 9.80 Å². The number of nitrogens with zero attached hydrogens (tertiary/aromatic N) is 2. The number of carbonyl (C=O) groups is 3. The van der Waals surface area contributed by atoms with E-state index >= 15 is 0 Å². The minimum Gasteiger partial charge on any atom is -0.365 e. The zero-order chi connectivity index (χ0) is 19.6. The van der Waals surface area contributed by atoms with Crippen molar-refractivity contribution in [3.63, 3.8) is 0 Å². The molecule has 1 unspecified atom stereocenters. The fraction of sp³-hybridized carbons (Fsp3) is 0.632. The molecule has 3 N–H and O–H groups in total. The van der Waals surface area contributed by atoms with Gasteiger partial charge in [-0.2, -0.15) is 0 Å². The highest BCUT2D eigenvalue weighted by molar-refractivity contribution is 7.17. The molecule has 3 rings (SSSR count). The van der Waals surface area contributed by atoms with Gasteiger partial charge < -0.3 is 20.9 Å². The summed E-state index contributed by atoms with van der Waals surface area (Å²) in [4.78, 5) is 41.9. The fourth-order valence-corrected chi connectivity index (χ4v) is 5.17. The molecule has 0 bridgehead atoms. The first-order valence-electron chi connectivity index (χ1n) is 9.54. The topological polar surface area (TPSA) is 95.7 Å². The van der Waals surface area contributed by atoms with Crippen LogP contribution < -0.4 is 11.1 Å². The van der Waals surface area contributed by atoms with Crippen molar-refractivity contribution in [1.29, 1.82) is 0 Å². The van der Waals surface area contributed by atoms with Crippen LogP contribution in [0.25, 0.3) is 0 Å². The highest BCUT2D eigenvalue weighted by Gasteiger charge is 2.35. The molecule has 1 aromatic rings. The summed E-state index contributed by atoms with van der Waals surface area (Å²) >= 11 is 1.46. The predicted octanol–water partition coefficient (Wildman–Crippen LogP) is 1.46. The summed E-state index contributed by atoms with van der Waals surface area (Å²) in [5.41, 5.74) is 7.06. The molecule has 27 heavy (non-hydrogen) atoms. The van der Waals surface area contributed by atoms with E-state index in [2.05, 4.69) is 10.2 Å². The standard InChI is InChI=1S/C19H28N4O3S/c1-22(2)8-5-9-23-11-12(10-15(23)24)18(26)21-19-16(17(20)25)13-6-3-4-7-14(13)27-19/h12H,3-11H2,1-2H3,(H2,20,25)(H,21,26). The third kappa shape index (κ3) is 4.50. The SMILES string of the molecule is CN(C)CCCN1CC(C(=O)Nc2sc3c(c2C(N)=O)CCCC3)CC1=O. The summed E-state index contributed by atoms with van der Waals surface area (Å²) < 4.78 is 0. The zero-order valence-corrected chi connectivity index (χ0v) is 16.9. The molecule has 148 valence electrons. The lowest BCUT2D eigenvalue weighted by atomic mass is 9.95. The van der Waals surface area contributed by atoms with E-state index in [-0.39, 0.29) is 24.2 Å². The summed E-state index contributed by atoms with van der Waals surface area (Å²) in [6.07, 6.45) is 5.01. The molecule has 1 saturated heterocycles. The maximum Gasteiger partial charge on any atom is 0.251 e. The Morgan fingerprint density at radius 1 is 1.30 bits per heavy atom. The molecule has 1 atom stereocenters. The first kappa shape index (κ1) is 19.8. The number of thiophene rings is 1. The number of carbonyl (C=O) groups excluding carboxylic acids is 3. The van der Waals surface area contributed by atoms with E-state index in [4.69, 9.17) is 5.73 Å². The number of amides is 3. The summed E-state index contributed by atoms with van der Waals surface area (Å²) in [5.74, 6) is -1.04. The van der Waals surface area contributed by atoms with Crippen LogP contribution in [0.4, 0.5) is 5.00 Å². The van der Waals surface area contributed by atoms with Crippen molar-refractivity contribution in [2.45, 2.75) is 38.5 Å². The third-order valence-corrected chi connectivity index (χ3v) is 6.48. The van der Waals surface area contributed by atoms with Crippen LogP contribution in [0.2, 0.25) is 0 Å². The van der Waals surface area contributed by atoms with Crippen molar-refractivity contribution >= 4 is 34.1 Å². The van der Waals surface area contributed by atoms with Crippen molar-refractivity contribution in [3.05, 3.63) is 16.0 Å². The average molecular weight is 393 g/mol. The minimum atomic E-state index is -0.488. The molecule has 0 aromatic carbocycles. The molecule has 1 aromatic heterocycles. The first-order valence-corrected chi connectivity index (χ1v) is 10.4. The molecular weight excluding hydrogens is 364 g/mol. The second kappa shape index (κ2) is 8.39. The number of nitrogens with two attached hydrogens (primary N) is 1. The quantitative estimate of drug-likeness (QED) is 0.734. The molecule has 0 radical (unpaired) electrons. The Hall–Kier alpha value is -1.93. The molecule has 1 aliphatic heterocycles. The Balaban J connectivity index is 1.65. The lowest BCUT2D eigenvalue weighted by molar-refractivity contribution is -0.128. The zero-order valence-electron chi connectivity index (χ0n) is 16.0. The largest absolute Gasteiger partial charge is 0.365 e. The maximum absolute atomic E-state index is 12.7. The van der Waals surface area contributed by atoms with Gasteiger partial charge in [0, 0.05) is 24.4 Å². The summed E-state index contributed by atoms with van der Waals surface area (Å²) in [7, 11) is 4.00. The van der Waals surface area contributed by atoms with Crippen molar-refractivity contribution in [3.8, 4) is 0 Å². The Morgan fingerprint density at radius 2 is 2.04 bits per heavy atom. The number of rotatable bonds is 7. The number of anilines is 1. The first-order chi connectivity index (χ1) is 12.9. The van der Waals surface area contributed by atoms with Crippen LogP contribution >= 0.6 is 11.3 Å². The number of hydrogen-bond acceptors (Lipinski definition) is 5. The highest BCUT2D eigenvalue weighted by atomic mass is 32.1. The average Bonchev–Trinajstić information content (AvgIpc) is 3.15. The smallest absolute Gasteiger partial charge is 0.251 e. The molecule has 2 heterocycles. The molecule has 3 amide bonds. The lowest BCUT2D eigenvalue weighted by Crippen LogP contribution is -2.30. The normalized spacial score (nSPS) is 19.4. The van der Waals surface area contributed by atoms with Crippen molar-refractivity contribution in [2.24, 2.45) is 11.7 Å². The van der Waals surface area contributed by atoms with Crippen LogP contribution in [-0.2, 0) is 22.4 Å². The van der Waals surface area contributed by atoms with E-state index in [9.17, 15) is 14.4 Å². The Labute approximate surface area is 163 Å². The van der Waals surface area contributed by atoms with Gasteiger partial charge in [0.15, 0.2) is 0 Å². The van der Waals surface area contributed by atoms with E-state index < -0.39 is 5.91 Å². The van der Waals surface area contributed by atoms with Crippen LogP contribution in [-0.4, -0.2) is 61.3 Å². The lowest BCUT2D eigenvalue weighted by Gasteiger charge is -2.18. The van der Waals surface area contributed by atoms with Crippen molar-refractivity contribution in [2.75, 3.05) is 39.0 Å². The molecule has 0 saturated carbocycles. The van der Waals surface area contributed by atoms with E-state index in [1.807, 2.05) is 14.1 Å². The van der Waals surface area contributed by atoms with Crippen LogP contribution in [0.3, 0.4) is 0 Å². The number of primary amides is 1. The molecule has 8 heteroatoms. The minimum absolute atomic E-state index is 0.0227. The predicted molar refractivity (Wildman–Crippen MR) is 106 cm³/mol. The van der Waals surface area contributed by atoms with Gasteiger partial charge in [-0.3, -0.25) is 14.4 Å². The number of fused-ring (bicyclic) bond motifs is 1. The second-order valence-corrected chi connectivity index (χ2v) is 8.77. The Bertz CT molecular complexity index is 744. The van der Waals surface area contributed by atoms with Gasteiger partial charge in [0.05, 0.1) is 11.5 Å². The summed E-state index contributed by atoms with van der Waals surface area (Å²) in [5, 5.41) is 3.45. The van der Waals surface area contributed by atoms with Gasteiger partial charge in [-0.05, 0) is 58.3 Å². The summed E-state index contributed by atoms with van der Waals surface area (Å²) in [6, 6.07) is 0. The van der Waals surface area contributed by atoms with Gasteiger partial charge in [-0.1, -0.05) is 0 Å². The van der Waals surface area contributed by atoms with Gasteiger partial charge in [-0.25, -0.2) is 0 Å². The van der Waals surface area contributed by atoms with Gasteiger partial charge in [0.25, 0.3) is 5.91 Å². The molecule has 1 fully saturated rings. The van der Waals surface area contributed by atoms with E-state index in [1.54, 1.807) is 4.90 Å². The summed E-state index contributed by atoms with van der Waals surface area (Å²) in [6.45, 7) is 2.01. The van der Waals surface area contributed by atoms with Crippen LogP contribution in [0, 0.1) is 5.92 Å². The van der Waals surface area contributed by atoms with Crippen LogP contribution in [0.1, 0.15) is 46.5 Å². The van der Waals surface area contributed by atoms with E-state index in [1.165, 1.54) is 11.3 Å². The number of hydrogen-bond donors (Lipinski definition) is 2. The van der Waals surface area contributed by atoms with Gasteiger partial charge in [0.2, 0.25) is 11.8 Å². The van der Waals surface area contributed by atoms with Crippen LogP contribution in [0.15, 0.2) is 0 Å².